The van der Waals surface area contributed by atoms with Crippen molar-refractivity contribution in [1.82, 2.24) is 9.05 Å². The van der Waals surface area contributed by atoms with Crippen LogP contribution < -0.4 is 20.9 Å². The van der Waals surface area contributed by atoms with Gasteiger partial charge in [-0.15, -0.1) is 0 Å². The molecular formula is C38H27BN4. The van der Waals surface area contributed by atoms with Crippen molar-refractivity contribution >= 4 is 52.2 Å². The molecule has 0 amide bonds. The number of nitrogens with zero attached hydrogens (tertiary/aromatic N) is 4. The van der Waals surface area contributed by atoms with Gasteiger partial charge in [-0.05, 0) is 84.0 Å². The molecule has 0 saturated heterocycles. The fraction of sp³-hybridized carbons (Fsp3) is 0. The van der Waals surface area contributed by atoms with Gasteiger partial charge in [0.1, 0.15) is 5.82 Å². The molecule has 2 aliphatic rings. The number of aromatic nitrogens is 2. The maximum absolute atomic E-state index is 2.48. The van der Waals surface area contributed by atoms with Gasteiger partial charge in [0.2, 0.25) is 0 Å². The van der Waals surface area contributed by atoms with Crippen LogP contribution in [0.2, 0.25) is 0 Å². The zero-order valence-electron chi connectivity index (χ0n) is 23.5. The summed E-state index contributed by atoms with van der Waals surface area (Å²) in [5.41, 5.74) is 11.9. The first kappa shape index (κ1) is 24.0. The molecule has 0 spiro atoms. The fourth-order valence-corrected chi connectivity index (χ4v) is 7.00. The van der Waals surface area contributed by atoms with Crippen molar-refractivity contribution < 1.29 is 0 Å². The lowest BCUT2D eigenvalue weighted by Gasteiger charge is -2.43. The predicted octanol–water partition coefficient (Wildman–Crippen LogP) is 8.17. The van der Waals surface area contributed by atoms with Crippen LogP contribution in [-0.2, 0) is 0 Å². The molecule has 0 aliphatic carbocycles. The molecule has 4 nitrogen and oxygen atoms in total. The van der Waals surface area contributed by atoms with Gasteiger partial charge in [-0.2, -0.15) is 0 Å². The summed E-state index contributed by atoms with van der Waals surface area (Å²) in [6, 6.07) is 56.6. The highest BCUT2D eigenvalue weighted by molar-refractivity contribution is 6.88. The smallest absolute Gasteiger partial charge is 0.353 e. The zero-order valence-corrected chi connectivity index (χ0v) is 23.5. The average molecular weight is 550 g/mol. The number of anilines is 6. The van der Waals surface area contributed by atoms with E-state index in [4.69, 9.17) is 0 Å². The molecule has 7 aromatic rings. The molecule has 0 fully saturated rings. The highest BCUT2D eigenvalue weighted by Crippen LogP contribution is 2.46. The summed E-state index contributed by atoms with van der Waals surface area (Å²) in [6.45, 7) is -0.0243. The third-order valence-corrected chi connectivity index (χ3v) is 8.71. The molecule has 2 aromatic heterocycles. The van der Waals surface area contributed by atoms with Crippen molar-refractivity contribution in [3.63, 3.8) is 0 Å². The lowest BCUT2D eigenvalue weighted by Crippen LogP contribution is -2.60. The van der Waals surface area contributed by atoms with Crippen molar-refractivity contribution in [3.8, 4) is 16.9 Å². The molecule has 9 rings (SSSR count). The molecule has 0 radical (unpaired) electrons. The molecule has 4 heterocycles. The first-order valence-corrected chi connectivity index (χ1v) is 14.7. The second-order valence-corrected chi connectivity index (χ2v) is 11.1. The Morgan fingerprint density at radius 2 is 1.00 bits per heavy atom. The molecule has 0 atom stereocenters. The largest absolute Gasteiger partial charge is 0.368 e. The first-order chi connectivity index (χ1) is 21.4. The highest BCUT2D eigenvalue weighted by atomic mass is 15.3. The van der Waals surface area contributed by atoms with Gasteiger partial charge in [0.05, 0.1) is 11.4 Å². The minimum absolute atomic E-state index is 0.0243. The lowest BCUT2D eigenvalue weighted by atomic mass is 9.48. The Hall–Kier alpha value is -5.68. The maximum Gasteiger partial charge on any atom is 0.353 e. The van der Waals surface area contributed by atoms with Gasteiger partial charge < -0.3 is 13.9 Å². The number of para-hydroxylation sites is 3. The molecule has 5 aromatic carbocycles. The number of hydrogen-bond donors (Lipinski definition) is 0. The zero-order chi connectivity index (χ0) is 28.3. The SMILES string of the molecule is c1ccc(-c2cc3c(n2-c2ccccc2)B2c4c(cccc4N(c4ccccc4)c4cccn42)N3c2ccccc2)cc1. The molecule has 202 valence electrons. The number of fused-ring (bicyclic) bond motifs is 4. The van der Waals surface area contributed by atoms with Gasteiger partial charge in [0, 0.05) is 34.0 Å². The molecule has 0 unspecified atom stereocenters. The molecule has 0 N–H and O–H groups in total. The van der Waals surface area contributed by atoms with Crippen LogP contribution in [0.1, 0.15) is 0 Å². The van der Waals surface area contributed by atoms with Crippen LogP contribution in [-0.4, -0.2) is 15.9 Å². The topological polar surface area (TPSA) is 16.3 Å². The summed E-state index contributed by atoms with van der Waals surface area (Å²) in [7, 11) is 0. The Bertz CT molecular complexity index is 2080. The number of benzene rings is 5. The summed E-state index contributed by atoms with van der Waals surface area (Å²) in [6.07, 6.45) is 2.24. The van der Waals surface area contributed by atoms with Crippen molar-refractivity contribution in [2.24, 2.45) is 0 Å². The maximum atomic E-state index is 2.48. The Balaban J connectivity index is 1.42. The van der Waals surface area contributed by atoms with E-state index < -0.39 is 0 Å². The van der Waals surface area contributed by atoms with Crippen molar-refractivity contribution in [3.05, 3.63) is 164 Å². The average Bonchev–Trinajstić information content (AvgIpc) is 3.72. The van der Waals surface area contributed by atoms with E-state index in [0.29, 0.717) is 0 Å². The first-order valence-electron chi connectivity index (χ1n) is 14.7. The third kappa shape index (κ3) is 3.52. The van der Waals surface area contributed by atoms with E-state index in [-0.39, 0.29) is 6.85 Å². The summed E-state index contributed by atoms with van der Waals surface area (Å²) in [4.78, 5) is 4.85. The Labute approximate surface area is 251 Å². The quantitative estimate of drug-likeness (QED) is 0.206. The molecule has 5 heteroatoms. The van der Waals surface area contributed by atoms with Gasteiger partial charge in [0.15, 0.2) is 0 Å². The van der Waals surface area contributed by atoms with E-state index in [1.165, 1.54) is 39.4 Å². The van der Waals surface area contributed by atoms with Gasteiger partial charge >= 0.3 is 6.85 Å². The van der Waals surface area contributed by atoms with Gasteiger partial charge in [-0.3, -0.25) is 4.90 Å². The molecule has 0 bridgehead atoms. The summed E-state index contributed by atoms with van der Waals surface area (Å²) < 4.78 is 4.93. The van der Waals surface area contributed by atoms with E-state index in [1.54, 1.807) is 0 Å². The molecule has 43 heavy (non-hydrogen) atoms. The second kappa shape index (κ2) is 9.43. The molecule has 0 saturated carbocycles. The van der Waals surface area contributed by atoms with E-state index in [0.717, 1.165) is 22.9 Å². The van der Waals surface area contributed by atoms with Gasteiger partial charge in [0.25, 0.3) is 0 Å². The minimum Gasteiger partial charge on any atom is -0.368 e. The molecular weight excluding hydrogens is 523 g/mol. The Morgan fingerprint density at radius 1 is 0.442 bits per heavy atom. The summed E-state index contributed by atoms with van der Waals surface area (Å²) in [5.74, 6) is 1.15. The highest BCUT2D eigenvalue weighted by Gasteiger charge is 2.46. The van der Waals surface area contributed by atoms with Gasteiger partial charge in [-0.25, -0.2) is 0 Å². The number of rotatable bonds is 4. The second-order valence-electron chi connectivity index (χ2n) is 11.1. The van der Waals surface area contributed by atoms with Crippen LogP contribution in [0.25, 0.3) is 16.9 Å². The minimum atomic E-state index is -0.0243. The van der Waals surface area contributed by atoms with Crippen LogP contribution >= 0.6 is 0 Å². The summed E-state index contributed by atoms with van der Waals surface area (Å²) >= 11 is 0. The lowest BCUT2D eigenvalue weighted by molar-refractivity contribution is 1.07. The van der Waals surface area contributed by atoms with E-state index in [1.807, 2.05) is 0 Å². The third-order valence-electron chi connectivity index (χ3n) is 8.71. The van der Waals surface area contributed by atoms with Gasteiger partial charge in [-0.1, -0.05) is 91.0 Å². The molecule has 2 aliphatic heterocycles. The van der Waals surface area contributed by atoms with Crippen LogP contribution in [0.3, 0.4) is 0 Å². The normalized spacial score (nSPS) is 13.0. The predicted molar refractivity (Wildman–Crippen MR) is 179 cm³/mol. The van der Waals surface area contributed by atoms with Crippen molar-refractivity contribution in [2.75, 3.05) is 9.80 Å². The van der Waals surface area contributed by atoms with Crippen LogP contribution in [0.15, 0.2) is 164 Å². The Morgan fingerprint density at radius 3 is 1.65 bits per heavy atom. The van der Waals surface area contributed by atoms with E-state index >= 15 is 0 Å². The van der Waals surface area contributed by atoms with Crippen molar-refractivity contribution in [2.45, 2.75) is 0 Å². The fourth-order valence-electron chi connectivity index (χ4n) is 7.00. The monoisotopic (exact) mass is 550 g/mol. The van der Waals surface area contributed by atoms with Crippen LogP contribution in [0, 0.1) is 0 Å². The van der Waals surface area contributed by atoms with E-state index in [2.05, 4.69) is 183 Å². The van der Waals surface area contributed by atoms with Crippen LogP contribution in [0.4, 0.5) is 34.3 Å². The Kier molecular flexibility index (Phi) is 5.26. The standard InChI is InChI=1S/C38H27BN4/c1-5-15-28(16-6-1)34-27-35-38(43(34)31-21-11-4-12-22-31)39-37-32(41(35)29-17-7-2-8-18-29)23-13-24-33(37)42(30-19-9-3-10-20-30)36-25-14-26-40(36)39/h1-27H. The van der Waals surface area contributed by atoms with Crippen LogP contribution in [0.5, 0.6) is 0 Å². The van der Waals surface area contributed by atoms with E-state index in [9.17, 15) is 0 Å². The number of hydrogen-bond acceptors (Lipinski definition) is 2. The van der Waals surface area contributed by atoms with Crippen molar-refractivity contribution in [1.29, 1.82) is 0 Å². The summed E-state index contributed by atoms with van der Waals surface area (Å²) in [5, 5.41) is 0.